The lowest BCUT2D eigenvalue weighted by molar-refractivity contribution is 0.192. The monoisotopic (exact) mass is 289 g/mol. The molecule has 0 aliphatic carbocycles. The molecule has 0 aliphatic rings. The van der Waals surface area contributed by atoms with Crippen LogP contribution in [-0.4, -0.2) is 51.3 Å². The van der Waals surface area contributed by atoms with Crippen LogP contribution in [0.5, 0.6) is 0 Å². The van der Waals surface area contributed by atoms with Gasteiger partial charge in [0.2, 0.25) is 0 Å². The number of rotatable bonds is 12. The highest BCUT2D eigenvalue weighted by molar-refractivity contribution is 7.98. The molecule has 0 aromatic carbocycles. The predicted octanol–water partition coefficient (Wildman–Crippen LogP) is 2.50. The highest BCUT2D eigenvalue weighted by Crippen LogP contribution is 1.98. The first-order valence-corrected chi connectivity index (χ1v) is 8.74. The third kappa shape index (κ3) is 13.8. The molecule has 0 aromatic heterocycles. The third-order valence-electron chi connectivity index (χ3n) is 2.69. The fourth-order valence-corrected chi connectivity index (χ4v) is 2.14. The summed E-state index contributed by atoms with van der Waals surface area (Å²) in [6.45, 7) is 5.78. The largest absolute Gasteiger partial charge is 0.385 e. The summed E-state index contributed by atoms with van der Waals surface area (Å²) < 4.78 is 5.03. The second-order valence-corrected chi connectivity index (χ2v) is 5.43. The van der Waals surface area contributed by atoms with E-state index in [1.54, 1.807) is 7.11 Å². The second-order valence-electron chi connectivity index (χ2n) is 4.44. The van der Waals surface area contributed by atoms with Crippen LogP contribution in [0.2, 0.25) is 0 Å². The van der Waals surface area contributed by atoms with Gasteiger partial charge < -0.3 is 15.4 Å². The summed E-state index contributed by atoms with van der Waals surface area (Å²) in [6.07, 6.45) is 8.08. The van der Waals surface area contributed by atoms with Gasteiger partial charge in [0.15, 0.2) is 5.96 Å². The molecule has 0 heterocycles. The number of unbranched alkanes of at least 4 members (excludes halogenated alkanes) is 3. The van der Waals surface area contributed by atoms with Crippen molar-refractivity contribution in [1.29, 1.82) is 0 Å². The summed E-state index contributed by atoms with van der Waals surface area (Å²) in [5.74, 6) is 2.20. The van der Waals surface area contributed by atoms with E-state index in [0.717, 1.165) is 45.0 Å². The smallest absolute Gasteiger partial charge is 0.191 e. The lowest BCUT2D eigenvalue weighted by atomic mass is 10.2. The maximum absolute atomic E-state index is 5.03. The van der Waals surface area contributed by atoms with Crippen molar-refractivity contribution in [2.24, 2.45) is 4.99 Å². The molecule has 0 bridgehead atoms. The molecule has 0 radical (unpaired) electrons. The van der Waals surface area contributed by atoms with Gasteiger partial charge in [0.25, 0.3) is 0 Å². The highest BCUT2D eigenvalue weighted by atomic mass is 32.2. The van der Waals surface area contributed by atoms with E-state index in [1.807, 2.05) is 11.8 Å². The first kappa shape index (κ1) is 18.6. The molecule has 114 valence electrons. The van der Waals surface area contributed by atoms with E-state index in [4.69, 9.17) is 4.74 Å². The van der Waals surface area contributed by atoms with Gasteiger partial charge in [-0.05, 0) is 51.0 Å². The molecule has 0 atom stereocenters. The maximum Gasteiger partial charge on any atom is 0.191 e. The van der Waals surface area contributed by atoms with Crippen molar-refractivity contribution in [1.82, 2.24) is 10.6 Å². The zero-order valence-electron chi connectivity index (χ0n) is 12.8. The van der Waals surface area contributed by atoms with E-state index in [-0.39, 0.29) is 0 Å². The Hall–Kier alpha value is -0.420. The van der Waals surface area contributed by atoms with E-state index in [1.165, 1.54) is 25.0 Å². The summed E-state index contributed by atoms with van der Waals surface area (Å²) in [5, 5.41) is 6.67. The Bertz CT molecular complexity index is 213. The SMILES string of the molecule is CCNC(=NCCCCCOC)NCCCCSC. The molecule has 0 spiro atoms. The van der Waals surface area contributed by atoms with Gasteiger partial charge in [0, 0.05) is 33.4 Å². The van der Waals surface area contributed by atoms with Gasteiger partial charge in [0.1, 0.15) is 0 Å². The Morgan fingerprint density at radius 3 is 2.63 bits per heavy atom. The summed E-state index contributed by atoms with van der Waals surface area (Å²) >= 11 is 1.91. The van der Waals surface area contributed by atoms with E-state index >= 15 is 0 Å². The summed E-state index contributed by atoms with van der Waals surface area (Å²) in [6, 6.07) is 0. The van der Waals surface area contributed by atoms with Crippen molar-refractivity contribution in [3.63, 3.8) is 0 Å². The van der Waals surface area contributed by atoms with Crippen LogP contribution in [-0.2, 0) is 4.74 Å². The molecular weight excluding hydrogens is 258 g/mol. The quantitative estimate of drug-likeness (QED) is 0.329. The molecule has 0 aromatic rings. The minimum absolute atomic E-state index is 0.859. The van der Waals surface area contributed by atoms with Crippen molar-refractivity contribution in [3.05, 3.63) is 0 Å². The Morgan fingerprint density at radius 2 is 1.95 bits per heavy atom. The normalized spacial score (nSPS) is 11.6. The summed E-state index contributed by atoms with van der Waals surface area (Å²) in [5.41, 5.74) is 0. The second kappa shape index (κ2) is 15.6. The van der Waals surface area contributed by atoms with Crippen LogP contribution < -0.4 is 10.6 Å². The van der Waals surface area contributed by atoms with Crippen molar-refractivity contribution in [2.75, 3.05) is 45.4 Å². The van der Waals surface area contributed by atoms with Crippen molar-refractivity contribution < 1.29 is 4.74 Å². The number of thioether (sulfide) groups is 1. The molecule has 0 rings (SSSR count). The third-order valence-corrected chi connectivity index (χ3v) is 3.39. The molecule has 5 heteroatoms. The topological polar surface area (TPSA) is 45.7 Å². The lowest BCUT2D eigenvalue weighted by Gasteiger charge is -2.11. The average Bonchev–Trinajstić information content (AvgIpc) is 2.42. The van der Waals surface area contributed by atoms with Crippen molar-refractivity contribution >= 4 is 17.7 Å². The fraction of sp³-hybridized carbons (Fsp3) is 0.929. The molecule has 4 nitrogen and oxygen atoms in total. The molecule has 2 N–H and O–H groups in total. The van der Waals surface area contributed by atoms with Crippen LogP contribution in [0.1, 0.15) is 39.0 Å². The lowest BCUT2D eigenvalue weighted by Crippen LogP contribution is -2.37. The molecule has 19 heavy (non-hydrogen) atoms. The zero-order chi connectivity index (χ0) is 14.2. The van der Waals surface area contributed by atoms with Gasteiger partial charge in [-0.15, -0.1) is 0 Å². The number of ether oxygens (including phenoxy) is 1. The van der Waals surface area contributed by atoms with Crippen LogP contribution in [0.4, 0.5) is 0 Å². The first-order valence-electron chi connectivity index (χ1n) is 7.35. The Morgan fingerprint density at radius 1 is 1.11 bits per heavy atom. The molecular formula is C14H31N3OS. The van der Waals surface area contributed by atoms with E-state index in [9.17, 15) is 0 Å². The molecule has 0 aliphatic heterocycles. The molecule has 0 saturated heterocycles. The molecule has 0 saturated carbocycles. The minimum Gasteiger partial charge on any atom is -0.385 e. The van der Waals surface area contributed by atoms with Gasteiger partial charge >= 0.3 is 0 Å². The van der Waals surface area contributed by atoms with Gasteiger partial charge in [-0.2, -0.15) is 11.8 Å². The standard InChI is InChI=1S/C14H31N3OS/c1-4-15-14(17-11-7-9-13-19-3)16-10-6-5-8-12-18-2/h4-13H2,1-3H3,(H2,15,16,17). The van der Waals surface area contributed by atoms with E-state index < -0.39 is 0 Å². The number of guanidine groups is 1. The number of methoxy groups -OCH3 is 1. The van der Waals surface area contributed by atoms with Gasteiger partial charge in [-0.3, -0.25) is 4.99 Å². The van der Waals surface area contributed by atoms with Crippen LogP contribution in [0.25, 0.3) is 0 Å². The zero-order valence-corrected chi connectivity index (χ0v) is 13.7. The van der Waals surface area contributed by atoms with Crippen molar-refractivity contribution in [2.45, 2.75) is 39.0 Å². The molecule has 0 fully saturated rings. The van der Waals surface area contributed by atoms with Crippen LogP contribution >= 0.6 is 11.8 Å². The Labute approximate surface area is 123 Å². The average molecular weight is 289 g/mol. The number of nitrogens with one attached hydrogen (secondary N) is 2. The minimum atomic E-state index is 0.859. The van der Waals surface area contributed by atoms with E-state index in [0.29, 0.717) is 0 Å². The highest BCUT2D eigenvalue weighted by Gasteiger charge is 1.96. The maximum atomic E-state index is 5.03. The predicted molar refractivity (Wildman–Crippen MR) is 87.3 cm³/mol. The number of nitrogens with zero attached hydrogens (tertiary/aromatic N) is 1. The van der Waals surface area contributed by atoms with Crippen LogP contribution in [0.3, 0.4) is 0 Å². The summed E-state index contributed by atoms with van der Waals surface area (Å²) in [4.78, 5) is 4.58. The van der Waals surface area contributed by atoms with Gasteiger partial charge in [-0.25, -0.2) is 0 Å². The van der Waals surface area contributed by atoms with Crippen LogP contribution in [0.15, 0.2) is 4.99 Å². The van der Waals surface area contributed by atoms with Crippen LogP contribution in [0, 0.1) is 0 Å². The fourth-order valence-electron chi connectivity index (χ4n) is 1.65. The van der Waals surface area contributed by atoms with E-state index in [2.05, 4.69) is 28.8 Å². The Kier molecular flexibility index (Phi) is 15.3. The first-order chi connectivity index (χ1) is 9.35. The summed E-state index contributed by atoms with van der Waals surface area (Å²) in [7, 11) is 1.75. The number of hydrogen-bond acceptors (Lipinski definition) is 3. The van der Waals surface area contributed by atoms with Gasteiger partial charge in [0.05, 0.1) is 0 Å². The molecule has 0 unspecified atom stereocenters. The number of aliphatic imine (C=N–C) groups is 1. The Balaban J connectivity index is 3.64. The van der Waals surface area contributed by atoms with Gasteiger partial charge in [-0.1, -0.05) is 0 Å². The number of hydrogen-bond donors (Lipinski definition) is 2. The van der Waals surface area contributed by atoms with Crippen molar-refractivity contribution in [3.8, 4) is 0 Å². The molecule has 0 amide bonds.